The minimum Gasteiger partial charge on any atom is -0.343 e. The van der Waals surface area contributed by atoms with Crippen LogP contribution >= 0.6 is 0 Å². The van der Waals surface area contributed by atoms with Crippen molar-refractivity contribution in [1.82, 2.24) is 9.62 Å². The summed E-state index contributed by atoms with van der Waals surface area (Å²) >= 11 is 0. The quantitative estimate of drug-likeness (QED) is 0.722. The molecule has 8 nitrogen and oxygen atoms in total. The summed E-state index contributed by atoms with van der Waals surface area (Å²) < 4.78 is 27.7. The van der Waals surface area contributed by atoms with Crippen molar-refractivity contribution < 1.29 is 22.8 Å². The average Bonchev–Trinajstić information content (AvgIpc) is 2.60. The van der Waals surface area contributed by atoms with Crippen LogP contribution in [0.2, 0.25) is 0 Å². The normalized spacial score (nSPS) is 15.4. The molecule has 2 rings (SSSR count). The van der Waals surface area contributed by atoms with E-state index >= 15 is 0 Å². The molecule has 0 atom stereocenters. The number of hydrogen-bond donors (Lipinski definition) is 2. The molecule has 1 aliphatic rings. The minimum absolute atomic E-state index is 0.0180. The van der Waals surface area contributed by atoms with Crippen molar-refractivity contribution in [2.24, 2.45) is 0 Å². The Hall–Kier alpha value is -2.26. The summed E-state index contributed by atoms with van der Waals surface area (Å²) in [6.45, 7) is 3.76. The van der Waals surface area contributed by atoms with E-state index in [4.69, 9.17) is 0 Å². The molecule has 1 aromatic carbocycles. The molecule has 0 bridgehead atoms. The van der Waals surface area contributed by atoms with E-state index in [9.17, 15) is 22.8 Å². The highest BCUT2D eigenvalue weighted by Gasteiger charge is 2.26. The van der Waals surface area contributed by atoms with Crippen LogP contribution in [0.4, 0.5) is 5.69 Å². The highest BCUT2D eigenvalue weighted by Crippen LogP contribution is 2.18. The second-order valence-electron chi connectivity index (χ2n) is 6.68. The van der Waals surface area contributed by atoms with E-state index in [1.54, 1.807) is 4.90 Å². The van der Waals surface area contributed by atoms with Crippen LogP contribution in [0.15, 0.2) is 29.2 Å². The van der Waals surface area contributed by atoms with Gasteiger partial charge in [-0.3, -0.25) is 9.59 Å². The zero-order valence-corrected chi connectivity index (χ0v) is 16.3. The number of hydrogen-bond acceptors (Lipinski definition) is 5. The Kier molecular flexibility index (Phi) is 7.09. The maximum atomic E-state index is 12.5. The molecule has 0 radical (unpaired) electrons. The standard InChI is InChI=1S/C18H25N3O5S/c1-13(22)3-8-18(24)21-11-9-16(10-12-21)20-27(25,26)17-6-4-15(5-7-17)19-14(2)23/h4-7,16,20H,3,8-12H2,1-2H3,(H,19,23). The number of carbonyl (C=O) groups excluding carboxylic acids is 3. The van der Waals surface area contributed by atoms with Crippen LogP contribution in [0, 0.1) is 0 Å². The summed E-state index contributed by atoms with van der Waals surface area (Å²) in [5.74, 6) is -0.316. The van der Waals surface area contributed by atoms with E-state index in [-0.39, 0.29) is 41.4 Å². The Balaban J connectivity index is 1.89. The van der Waals surface area contributed by atoms with Crippen molar-refractivity contribution in [3.8, 4) is 0 Å². The lowest BCUT2D eigenvalue weighted by Gasteiger charge is -2.32. The predicted molar refractivity (Wildman–Crippen MR) is 101 cm³/mol. The Bertz CT molecular complexity index is 797. The molecule has 0 saturated carbocycles. The number of Topliss-reactive ketones (excluding diaryl/α,β-unsaturated/α-hetero) is 1. The molecule has 0 aromatic heterocycles. The predicted octanol–water partition coefficient (Wildman–Crippen LogP) is 1.28. The third-order valence-corrected chi connectivity index (χ3v) is 5.88. The molecule has 1 fully saturated rings. The van der Waals surface area contributed by atoms with Gasteiger partial charge in [0.05, 0.1) is 4.90 Å². The van der Waals surface area contributed by atoms with Gasteiger partial charge in [0.15, 0.2) is 0 Å². The summed E-state index contributed by atoms with van der Waals surface area (Å²) in [6.07, 6.45) is 1.48. The molecule has 27 heavy (non-hydrogen) atoms. The number of piperidine rings is 1. The topological polar surface area (TPSA) is 113 Å². The van der Waals surface area contributed by atoms with Crippen LogP contribution in [-0.4, -0.2) is 50.0 Å². The van der Waals surface area contributed by atoms with Crippen LogP contribution in [0.1, 0.15) is 39.5 Å². The molecule has 1 aliphatic heterocycles. The van der Waals surface area contributed by atoms with Gasteiger partial charge in [0.1, 0.15) is 5.78 Å². The molecule has 148 valence electrons. The molecule has 0 aliphatic carbocycles. The fraction of sp³-hybridized carbons (Fsp3) is 0.500. The molecule has 0 unspecified atom stereocenters. The van der Waals surface area contributed by atoms with Gasteiger partial charge >= 0.3 is 0 Å². The third kappa shape index (κ3) is 6.44. The first-order valence-electron chi connectivity index (χ1n) is 8.84. The number of anilines is 1. The van der Waals surface area contributed by atoms with Crippen molar-refractivity contribution in [2.45, 2.75) is 50.5 Å². The molecule has 2 amide bonds. The summed E-state index contributed by atoms with van der Waals surface area (Å²) in [5, 5.41) is 2.58. The largest absolute Gasteiger partial charge is 0.343 e. The zero-order chi connectivity index (χ0) is 20.0. The minimum atomic E-state index is -3.68. The number of nitrogens with one attached hydrogen (secondary N) is 2. The van der Waals surface area contributed by atoms with E-state index in [2.05, 4.69) is 10.0 Å². The fourth-order valence-corrected chi connectivity index (χ4v) is 4.20. The molecule has 9 heteroatoms. The van der Waals surface area contributed by atoms with Crippen LogP contribution < -0.4 is 10.0 Å². The van der Waals surface area contributed by atoms with Crippen molar-refractivity contribution >= 4 is 33.3 Å². The number of ketones is 1. The van der Waals surface area contributed by atoms with E-state index in [1.807, 2.05) is 0 Å². The summed E-state index contributed by atoms with van der Waals surface area (Å²) in [7, 11) is -3.68. The lowest BCUT2D eigenvalue weighted by atomic mass is 10.1. The van der Waals surface area contributed by atoms with Gasteiger partial charge in [-0.1, -0.05) is 0 Å². The highest BCUT2D eigenvalue weighted by molar-refractivity contribution is 7.89. The SMILES string of the molecule is CC(=O)CCC(=O)N1CCC(NS(=O)(=O)c2ccc(NC(C)=O)cc2)CC1. The summed E-state index contributed by atoms with van der Waals surface area (Å²) in [5.41, 5.74) is 0.527. The number of carbonyl (C=O) groups is 3. The van der Waals surface area contributed by atoms with Crippen molar-refractivity contribution in [2.75, 3.05) is 18.4 Å². The summed E-state index contributed by atoms with van der Waals surface area (Å²) in [4.78, 5) is 35.8. The average molecular weight is 395 g/mol. The lowest BCUT2D eigenvalue weighted by molar-refractivity contribution is -0.133. The van der Waals surface area contributed by atoms with Gasteiger partial charge < -0.3 is 15.0 Å². The Morgan fingerprint density at radius 3 is 2.15 bits per heavy atom. The number of amides is 2. The van der Waals surface area contributed by atoms with E-state index in [1.165, 1.54) is 38.1 Å². The molecule has 1 heterocycles. The second kappa shape index (κ2) is 9.09. The van der Waals surface area contributed by atoms with Gasteiger partial charge in [-0.05, 0) is 44.0 Å². The van der Waals surface area contributed by atoms with Crippen molar-refractivity contribution in [1.29, 1.82) is 0 Å². The Morgan fingerprint density at radius 2 is 1.63 bits per heavy atom. The van der Waals surface area contributed by atoms with Crippen molar-refractivity contribution in [3.63, 3.8) is 0 Å². The number of sulfonamides is 1. The third-order valence-electron chi connectivity index (χ3n) is 4.35. The van der Waals surface area contributed by atoms with Crippen LogP contribution in [0.5, 0.6) is 0 Å². The van der Waals surface area contributed by atoms with Crippen molar-refractivity contribution in [3.05, 3.63) is 24.3 Å². The van der Waals surface area contributed by atoms with E-state index in [0.717, 1.165) is 0 Å². The molecular formula is C18H25N3O5S. The number of nitrogens with zero attached hydrogens (tertiary/aromatic N) is 1. The van der Waals surface area contributed by atoms with Crippen LogP contribution in [0.3, 0.4) is 0 Å². The van der Waals surface area contributed by atoms with Gasteiger partial charge in [0.2, 0.25) is 21.8 Å². The van der Waals surface area contributed by atoms with Gasteiger partial charge in [-0.2, -0.15) is 0 Å². The van der Waals surface area contributed by atoms with Gasteiger partial charge in [0, 0.05) is 44.6 Å². The molecule has 2 N–H and O–H groups in total. The first-order valence-corrected chi connectivity index (χ1v) is 10.3. The molecule has 1 saturated heterocycles. The summed E-state index contributed by atoms with van der Waals surface area (Å²) in [6, 6.07) is 5.70. The first-order chi connectivity index (χ1) is 12.7. The Morgan fingerprint density at radius 1 is 1.04 bits per heavy atom. The first kappa shape index (κ1) is 21.0. The zero-order valence-electron chi connectivity index (χ0n) is 15.5. The number of rotatable bonds is 7. The smallest absolute Gasteiger partial charge is 0.240 e. The monoisotopic (exact) mass is 395 g/mol. The maximum Gasteiger partial charge on any atom is 0.240 e. The Labute approximate surface area is 159 Å². The number of likely N-dealkylation sites (tertiary alicyclic amines) is 1. The molecular weight excluding hydrogens is 370 g/mol. The van der Waals surface area contributed by atoms with Crippen LogP contribution in [-0.2, 0) is 24.4 Å². The van der Waals surface area contributed by atoms with Gasteiger partial charge in [-0.25, -0.2) is 13.1 Å². The lowest BCUT2D eigenvalue weighted by Crippen LogP contribution is -2.46. The van der Waals surface area contributed by atoms with Gasteiger partial charge in [0.25, 0.3) is 0 Å². The van der Waals surface area contributed by atoms with Gasteiger partial charge in [-0.15, -0.1) is 0 Å². The van der Waals surface area contributed by atoms with Crippen LogP contribution in [0.25, 0.3) is 0 Å². The molecule has 1 aromatic rings. The second-order valence-corrected chi connectivity index (χ2v) is 8.40. The fourth-order valence-electron chi connectivity index (χ4n) is 2.90. The highest BCUT2D eigenvalue weighted by atomic mass is 32.2. The van der Waals surface area contributed by atoms with E-state index in [0.29, 0.717) is 31.6 Å². The number of benzene rings is 1. The maximum absolute atomic E-state index is 12.5. The molecule has 0 spiro atoms. The van der Waals surface area contributed by atoms with E-state index < -0.39 is 10.0 Å².